The summed E-state index contributed by atoms with van der Waals surface area (Å²) in [7, 11) is 3.21. The van der Waals surface area contributed by atoms with Gasteiger partial charge in [0.2, 0.25) is 0 Å². The summed E-state index contributed by atoms with van der Waals surface area (Å²) in [5.41, 5.74) is 4.16. The van der Waals surface area contributed by atoms with Gasteiger partial charge in [0.05, 0.1) is 148 Å². The number of methoxy groups -OCH3 is 2. The average Bonchev–Trinajstić information content (AvgIpc) is 1.55. The molecular formula is C80H118O25. The SMILES string of the molecule is C=C1C[C@@H]2CCC(=O)CC3O[C@H]4[C@@H](O)[C@H]5OC(CC[C@@H]5O[C@H]4[C@H]3O)CC(=O)C[C@@H]3[C@@H](OC)[C@@H](C[C@H](O)CO)O[C@H]3CC3O[C@@H](CCC1O2)C[C@@H](C)C3=C.C=C1C[C@@H]2CC[C@@]34C[C@@H]5O[C@@H]6C(O[C@H]7CCC(CC(=O)C[C@@H]8[C@@H](OC)[C@@H](C[C@H](O)CO)O[C@H]8CC8O[C@@H](CCC1O2)C[C@@H](C)C8=C)OC7[C@@H]6O3)[C@@H]5O4. The van der Waals surface area contributed by atoms with E-state index >= 15 is 0 Å². The molecule has 105 heavy (non-hydrogen) atoms. The topological polar surface area (TPSA) is 320 Å². The zero-order chi connectivity index (χ0) is 73.4. The van der Waals surface area contributed by atoms with Crippen molar-refractivity contribution in [2.45, 2.75) is 382 Å². The first kappa shape index (κ1) is 77.4. The van der Waals surface area contributed by atoms with Crippen LogP contribution in [0.2, 0.25) is 0 Å². The molecule has 0 aromatic rings. The number of rotatable bonds is 8. The van der Waals surface area contributed by atoms with E-state index in [1.54, 1.807) is 14.2 Å². The zero-order valence-electron chi connectivity index (χ0n) is 61.9. The third kappa shape index (κ3) is 16.3. The quantitative estimate of drug-likeness (QED) is 0.158. The summed E-state index contributed by atoms with van der Waals surface area (Å²) in [5.74, 6) is -0.930. The first-order chi connectivity index (χ1) is 50.5. The molecule has 17 aliphatic rings. The Bertz CT molecular complexity index is 3110. The van der Waals surface area contributed by atoms with Gasteiger partial charge in [0.1, 0.15) is 78.4 Å². The Morgan fingerprint density at radius 1 is 0.419 bits per heavy atom. The van der Waals surface area contributed by atoms with Crippen LogP contribution in [0.15, 0.2) is 48.6 Å². The van der Waals surface area contributed by atoms with E-state index in [-0.39, 0.29) is 203 Å². The molecule has 0 saturated carbocycles. The van der Waals surface area contributed by atoms with E-state index < -0.39 is 104 Å². The second-order valence-corrected chi connectivity index (χ2v) is 34.2. The minimum absolute atomic E-state index is 0.00643. The lowest BCUT2D eigenvalue weighted by atomic mass is 9.81. The van der Waals surface area contributed by atoms with Crippen LogP contribution in [0.25, 0.3) is 0 Å². The molecule has 25 heteroatoms. The first-order valence-corrected chi connectivity index (χ1v) is 40.0. The molecule has 9 unspecified atom stereocenters. The Labute approximate surface area is 617 Å². The van der Waals surface area contributed by atoms with Crippen LogP contribution in [-0.2, 0) is 90.2 Å². The number of aliphatic hydroxyl groups is 6. The predicted octanol–water partition coefficient (Wildman–Crippen LogP) is 5.74. The summed E-state index contributed by atoms with van der Waals surface area (Å²) in [6.45, 7) is 21.2. The lowest BCUT2D eigenvalue weighted by molar-refractivity contribution is -0.292. The van der Waals surface area contributed by atoms with Gasteiger partial charge in [-0.15, -0.1) is 0 Å². The summed E-state index contributed by atoms with van der Waals surface area (Å²) in [6, 6.07) is 0. The Balaban J connectivity index is 0.000000169. The third-order valence-corrected chi connectivity index (χ3v) is 27.0. The molecule has 17 rings (SSSR count). The molecule has 17 heterocycles. The molecule has 17 aliphatic heterocycles. The molecule has 0 amide bonds. The Morgan fingerprint density at radius 3 is 1.43 bits per heavy atom. The normalized spacial score (nSPS) is 50.0. The van der Waals surface area contributed by atoms with Gasteiger partial charge in [-0.3, -0.25) is 14.4 Å². The molecule has 1 spiro atoms. The number of ether oxygens (including phenoxy) is 16. The molecule has 17 saturated heterocycles. The van der Waals surface area contributed by atoms with Crippen molar-refractivity contribution >= 4 is 17.3 Å². The van der Waals surface area contributed by atoms with Crippen molar-refractivity contribution in [2.75, 3.05) is 27.4 Å². The number of carbonyl (C=O) groups is 3. The maximum atomic E-state index is 14.0. The van der Waals surface area contributed by atoms with Crippen molar-refractivity contribution in [3.05, 3.63) is 48.6 Å². The highest BCUT2D eigenvalue weighted by atomic mass is 16.8. The van der Waals surface area contributed by atoms with Gasteiger partial charge in [-0.05, 0) is 124 Å². The first-order valence-electron chi connectivity index (χ1n) is 40.0. The fourth-order valence-electron chi connectivity index (χ4n) is 21.4. The van der Waals surface area contributed by atoms with E-state index in [2.05, 4.69) is 40.2 Å². The fourth-order valence-corrected chi connectivity index (χ4v) is 21.4. The molecular weight excluding hydrogens is 1360 g/mol. The number of fused-ring (bicyclic) bond motifs is 13. The Morgan fingerprint density at radius 2 is 0.876 bits per heavy atom. The zero-order valence-corrected chi connectivity index (χ0v) is 61.9. The molecule has 0 radical (unpaired) electrons. The van der Waals surface area contributed by atoms with Crippen molar-refractivity contribution in [1.82, 2.24) is 0 Å². The van der Waals surface area contributed by atoms with Crippen LogP contribution in [-0.4, -0.2) is 277 Å². The van der Waals surface area contributed by atoms with Gasteiger partial charge in [0.15, 0.2) is 5.79 Å². The van der Waals surface area contributed by atoms with Crippen molar-refractivity contribution in [2.24, 2.45) is 23.7 Å². The van der Waals surface area contributed by atoms with Crippen molar-refractivity contribution in [1.29, 1.82) is 0 Å². The van der Waals surface area contributed by atoms with E-state index in [0.717, 1.165) is 80.1 Å². The summed E-state index contributed by atoms with van der Waals surface area (Å²) in [6.07, 6.45) is 0.468. The smallest absolute Gasteiger partial charge is 0.172 e. The van der Waals surface area contributed by atoms with Crippen LogP contribution in [0.4, 0.5) is 0 Å². The molecule has 0 aromatic heterocycles. The minimum atomic E-state index is -1.10. The third-order valence-electron chi connectivity index (χ3n) is 27.0. The lowest BCUT2D eigenvalue weighted by Crippen LogP contribution is -2.61. The molecule has 17 fully saturated rings. The van der Waals surface area contributed by atoms with Crippen molar-refractivity contribution < 1.29 is 121 Å². The largest absolute Gasteiger partial charge is 0.394 e. The van der Waals surface area contributed by atoms with Gasteiger partial charge in [-0.2, -0.15) is 0 Å². The van der Waals surface area contributed by atoms with Gasteiger partial charge in [-0.1, -0.05) is 40.2 Å². The molecule has 0 aliphatic carbocycles. The number of carbonyl (C=O) groups excluding carboxylic acids is 3. The van der Waals surface area contributed by atoms with Gasteiger partial charge < -0.3 is 106 Å². The summed E-state index contributed by atoms with van der Waals surface area (Å²) < 4.78 is 104. The van der Waals surface area contributed by atoms with Crippen molar-refractivity contribution in [3.8, 4) is 0 Å². The van der Waals surface area contributed by atoms with Crippen LogP contribution < -0.4 is 0 Å². The monoisotopic (exact) mass is 1480 g/mol. The minimum Gasteiger partial charge on any atom is -0.394 e. The van der Waals surface area contributed by atoms with E-state index in [0.29, 0.717) is 57.8 Å². The predicted molar refractivity (Wildman–Crippen MR) is 373 cm³/mol. The number of aliphatic hydroxyl groups excluding tert-OH is 6. The van der Waals surface area contributed by atoms with Crippen LogP contribution in [0.3, 0.4) is 0 Å². The van der Waals surface area contributed by atoms with Crippen LogP contribution in [0, 0.1) is 23.7 Å². The molecule has 25 nitrogen and oxygen atoms in total. The van der Waals surface area contributed by atoms with Gasteiger partial charge in [0, 0.05) is 103 Å². The number of hydrogen-bond acceptors (Lipinski definition) is 25. The van der Waals surface area contributed by atoms with Crippen LogP contribution in [0.1, 0.15) is 181 Å². The van der Waals surface area contributed by atoms with E-state index in [1.807, 2.05) is 0 Å². The fraction of sp³-hybridized carbons (Fsp3) is 0.863. The van der Waals surface area contributed by atoms with E-state index in [9.17, 15) is 45.0 Å². The number of ketones is 3. The van der Waals surface area contributed by atoms with Crippen LogP contribution >= 0.6 is 0 Å². The van der Waals surface area contributed by atoms with E-state index in [4.69, 9.17) is 75.8 Å². The standard InChI is InChI=1S/C40H60O13.C40H58O12/c1-19-11-26-7-9-29-20(2)12-25(48-29)6-5-22(42)15-33-35(45)39-40(53-33)36(46)38-30(52-39)10-8-27(50-38)13-23(43)14-28-32(17-31(49-26)21(19)3)51-34(37(28)47-4)16-24(44)18-41;1-19-11-24-5-7-28-20(2)12-26(45-28)9-10-40-17-33-36(51-40)37-38(50-33)39(52-40)35-29(49-37)8-6-25(47-35)13-22(42)14-27-31(16-30(46-24)21(19)3)48-32(34(27)44-4)15-23(43)18-41/h19,24-41,44-46H,2-3,5-18H2,1,4H3;19,23-39,41,43H,2-3,5-18H2,1,4H3/t19-,24+,25+,26+,27?,28+,29?,30+,31?,32+,33?,34-,35+,36+,37-,38+,39+,40+;19-,23+,24+,25?,26+,27+,28?,29+,30?,31+,32-,33+,34-,35?,36-,37?,38-,39+,40+/m11/s1. The summed E-state index contributed by atoms with van der Waals surface area (Å²) in [4.78, 5) is 41.0. The number of hydrogen-bond donors (Lipinski definition) is 6. The highest BCUT2D eigenvalue weighted by Crippen LogP contribution is 2.55. The van der Waals surface area contributed by atoms with Crippen molar-refractivity contribution in [3.63, 3.8) is 0 Å². The molecule has 588 valence electrons. The second-order valence-electron chi connectivity index (χ2n) is 34.2. The highest BCUT2D eigenvalue weighted by molar-refractivity contribution is 5.80. The second kappa shape index (κ2) is 32.7. The molecule has 6 N–H and O–H groups in total. The van der Waals surface area contributed by atoms with E-state index in [1.165, 1.54) is 0 Å². The molecule has 20 bridgehead atoms. The van der Waals surface area contributed by atoms with Crippen LogP contribution in [0.5, 0.6) is 0 Å². The molecule has 0 aromatic carbocycles. The summed E-state index contributed by atoms with van der Waals surface area (Å²) in [5, 5.41) is 62.7. The van der Waals surface area contributed by atoms with Gasteiger partial charge >= 0.3 is 0 Å². The average molecular weight is 1480 g/mol. The molecule has 37 atom stereocenters. The Hall–Kier alpha value is -2.91. The lowest BCUT2D eigenvalue weighted by Gasteiger charge is -2.47. The van der Waals surface area contributed by atoms with Gasteiger partial charge in [0.25, 0.3) is 0 Å². The summed E-state index contributed by atoms with van der Waals surface area (Å²) >= 11 is 0. The van der Waals surface area contributed by atoms with Gasteiger partial charge in [-0.25, -0.2) is 0 Å². The number of Topliss-reactive ketones (excluding diaryl/α,β-unsaturated/α-hetero) is 3. The highest BCUT2D eigenvalue weighted by Gasteiger charge is 2.69. The maximum Gasteiger partial charge on any atom is 0.172 e. The Kier molecular flexibility index (Phi) is 24.1. The maximum absolute atomic E-state index is 14.0.